The summed E-state index contributed by atoms with van der Waals surface area (Å²) >= 11 is 0. The van der Waals surface area contributed by atoms with Crippen molar-refractivity contribution in [1.29, 1.82) is 0 Å². The third-order valence-corrected chi connectivity index (χ3v) is 5.11. The Morgan fingerprint density at radius 3 is 2.79 bits per heavy atom. The van der Waals surface area contributed by atoms with Crippen LogP contribution in [0.15, 0.2) is 64.3 Å². The van der Waals surface area contributed by atoms with Crippen LogP contribution in [0.2, 0.25) is 0 Å². The van der Waals surface area contributed by atoms with Crippen molar-refractivity contribution in [3.8, 4) is 11.5 Å². The molecule has 0 saturated heterocycles. The Kier molecular flexibility index (Phi) is 4.23. The smallest absolute Gasteiger partial charge is 0.214 e. The van der Waals surface area contributed by atoms with Gasteiger partial charge in [0.1, 0.15) is 11.5 Å². The summed E-state index contributed by atoms with van der Waals surface area (Å²) in [5, 5.41) is 6.49. The molecule has 2 unspecified atom stereocenters. The van der Waals surface area contributed by atoms with Gasteiger partial charge >= 0.3 is 0 Å². The summed E-state index contributed by atoms with van der Waals surface area (Å²) < 4.78 is 45.0. The van der Waals surface area contributed by atoms with Gasteiger partial charge in [-0.15, -0.1) is 0 Å². The highest BCUT2D eigenvalue weighted by atomic mass is 19.2. The van der Waals surface area contributed by atoms with E-state index >= 15 is 0 Å². The fourth-order valence-corrected chi connectivity index (χ4v) is 3.83. The van der Waals surface area contributed by atoms with E-state index in [1.165, 1.54) is 6.07 Å². The minimum absolute atomic E-state index is 0.141. The van der Waals surface area contributed by atoms with Crippen molar-refractivity contribution in [3.05, 3.63) is 83.3 Å². The summed E-state index contributed by atoms with van der Waals surface area (Å²) in [6.07, 6.45) is 1.47. The second-order valence-electron chi connectivity index (χ2n) is 6.88. The van der Waals surface area contributed by atoms with Crippen molar-refractivity contribution in [2.75, 3.05) is 6.61 Å². The van der Waals surface area contributed by atoms with Crippen LogP contribution in [0.4, 0.5) is 8.78 Å². The highest BCUT2D eigenvalue weighted by Crippen LogP contribution is 2.50. The van der Waals surface area contributed by atoms with Gasteiger partial charge in [-0.05, 0) is 37.3 Å². The van der Waals surface area contributed by atoms with E-state index in [2.05, 4.69) is 0 Å². The van der Waals surface area contributed by atoms with Crippen molar-refractivity contribution in [2.24, 2.45) is 5.10 Å². The quantitative estimate of drug-likeness (QED) is 0.608. The van der Waals surface area contributed by atoms with Crippen molar-refractivity contribution >= 4 is 5.71 Å². The summed E-state index contributed by atoms with van der Waals surface area (Å²) in [7, 11) is 0. The van der Waals surface area contributed by atoms with Gasteiger partial charge in [0.25, 0.3) is 0 Å². The van der Waals surface area contributed by atoms with Crippen molar-refractivity contribution in [3.63, 3.8) is 0 Å². The zero-order valence-corrected chi connectivity index (χ0v) is 15.6. The van der Waals surface area contributed by atoms with E-state index in [1.807, 2.05) is 31.2 Å². The Bertz CT molecular complexity index is 1080. The van der Waals surface area contributed by atoms with Crippen LogP contribution < -0.4 is 9.47 Å². The Hall–Kier alpha value is -3.35. The molecule has 5 nitrogen and oxygen atoms in total. The summed E-state index contributed by atoms with van der Waals surface area (Å²) in [6, 6.07) is 13.0. The van der Waals surface area contributed by atoms with E-state index in [-0.39, 0.29) is 6.04 Å². The van der Waals surface area contributed by atoms with Gasteiger partial charge in [0.05, 0.1) is 18.9 Å². The molecule has 2 aliphatic heterocycles. The molecule has 3 aromatic rings. The van der Waals surface area contributed by atoms with Gasteiger partial charge in [-0.1, -0.05) is 18.2 Å². The molecule has 0 amide bonds. The summed E-state index contributed by atoms with van der Waals surface area (Å²) in [5.41, 5.74) is 2.17. The van der Waals surface area contributed by atoms with Gasteiger partial charge in [-0.3, -0.25) is 0 Å². The zero-order valence-electron chi connectivity index (χ0n) is 15.6. The minimum atomic E-state index is -0.930. The van der Waals surface area contributed by atoms with Gasteiger partial charge in [0.15, 0.2) is 23.1 Å². The lowest BCUT2D eigenvalue weighted by Gasteiger charge is -2.38. The number of hydrogen-bond acceptors (Lipinski definition) is 5. The number of para-hydroxylation sites is 1. The molecule has 0 aliphatic carbocycles. The number of hydrazone groups is 1. The van der Waals surface area contributed by atoms with E-state index in [1.54, 1.807) is 17.3 Å². The fourth-order valence-electron chi connectivity index (χ4n) is 3.83. The average molecular weight is 396 g/mol. The van der Waals surface area contributed by atoms with Crippen LogP contribution in [-0.4, -0.2) is 17.3 Å². The van der Waals surface area contributed by atoms with Crippen LogP contribution in [0.1, 0.15) is 42.5 Å². The van der Waals surface area contributed by atoms with E-state index in [9.17, 15) is 8.78 Å². The maximum atomic E-state index is 13.9. The molecule has 0 bridgehead atoms. The number of nitrogens with zero attached hydrogens (tertiary/aromatic N) is 2. The van der Waals surface area contributed by atoms with E-state index in [0.717, 1.165) is 23.4 Å². The molecule has 7 heteroatoms. The lowest BCUT2D eigenvalue weighted by atomic mass is 9.97. The van der Waals surface area contributed by atoms with Crippen LogP contribution in [0.25, 0.3) is 0 Å². The summed E-state index contributed by atoms with van der Waals surface area (Å²) in [5.74, 6) is 0.0505. The molecule has 1 aromatic heterocycles. The number of fused-ring (bicyclic) bond motifs is 3. The van der Waals surface area contributed by atoms with Crippen molar-refractivity contribution in [1.82, 2.24) is 5.01 Å². The van der Waals surface area contributed by atoms with Crippen LogP contribution in [0.3, 0.4) is 0 Å². The van der Waals surface area contributed by atoms with Crippen molar-refractivity contribution in [2.45, 2.75) is 25.6 Å². The molecule has 2 aromatic carbocycles. The first kappa shape index (κ1) is 17.7. The molecule has 0 saturated carbocycles. The molecule has 5 rings (SSSR count). The van der Waals surface area contributed by atoms with E-state index in [0.29, 0.717) is 35.9 Å². The molecule has 0 fully saturated rings. The molecule has 2 atom stereocenters. The fraction of sp³-hybridized carbons (Fsp3) is 0.227. The lowest BCUT2D eigenvalue weighted by molar-refractivity contribution is -0.0214. The lowest BCUT2D eigenvalue weighted by Crippen LogP contribution is -2.34. The normalized spacial score (nSPS) is 20.0. The van der Waals surface area contributed by atoms with Crippen LogP contribution in [0, 0.1) is 11.6 Å². The van der Waals surface area contributed by atoms with Gasteiger partial charge in [-0.2, -0.15) is 5.10 Å². The Balaban J connectivity index is 1.63. The summed E-state index contributed by atoms with van der Waals surface area (Å²) in [4.78, 5) is 0. The Labute approximate surface area is 166 Å². The third kappa shape index (κ3) is 2.93. The standard InChI is InChI=1S/C22H18F2N2O3/c1-2-27-20-6-3-5-14-18-12-17(19-7-4-10-28-19)25-26(18)22(29-21(14)20)13-8-9-15(23)16(24)11-13/h3-11,18,22H,2,12H2,1H3. The second kappa shape index (κ2) is 6.92. The largest absolute Gasteiger partial charge is 0.490 e. The molecule has 0 radical (unpaired) electrons. The molecule has 29 heavy (non-hydrogen) atoms. The van der Waals surface area contributed by atoms with Gasteiger partial charge in [-0.25, -0.2) is 13.8 Å². The monoisotopic (exact) mass is 396 g/mol. The third-order valence-electron chi connectivity index (χ3n) is 5.11. The van der Waals surface area contributed by atoms with Gasteiger partial charge in [0.2, 0.25) is 6.23 Å². The van der Waals surface area contributed by atoms with E-state index in [4.69, 9.17) is 19.0 Å². The maximum absolute atomic E-state index is 13.9. The van der Waals surface area contributed by atoms with Gasteiger partial charge < -0.3 is 13.9 Å². The number of rotatable bonds is 4. The first-order valence-electron chi connectivity index (χ1n) is 9.42. The Morgan fingerprint density at radius 1 is 1.14 bits per heavy atom. The van der Waals surface area contributed by atoms with Crippen molar-refractivity contribution < 1.29 is 22.7 Å². The minimum Gasteiger partial charge on any atom is -0.490 e. The predicted molar refractivity (Wildman–Crippen MR) is 102 cm³/mol. The SMILES string of the molecule is CCOc1cccc2c1OC(c1ccc(F)c(F)c1)N1N=C(c3ccco3)CC21. The number of ether oxygens (including phenoxy) is 2. The van der Waals surface area contributed by atoms with Gasteiger partial charge in [0, 0.05) is 17.5 Å². The zero-order chi connectivity index (χ0) is 20.0. The number of hydrogen-bond donors (Lipinski definition) is 0. The van der Waals surface area contributed by atoms with Crippen LogP contribution >= 0.6 is 0 Å². The highest BCUT2D eigenvalue weighted by Gasteiger charge is 2.42. The Morgan fingerprint density at radius 2 is 2.03 bits per heavy atom. The second-order valence-corrected chi connectivity index (χ2v) is 6.88. The van der Waals surface area contributed by atoms with E-state index < -0.39 is 17.9 Å². The van der Waals surface area contributed by atoms with Crippen LogP contribution in [-0.2, 0) is 0 Å². The molecular formula is C22H18F2N2O3. The highest BCUT2D eigenvalue weighted by molar-refractivity contribution is 5.99. The number of halogens is 2. The number of furan rings is 1. The molecule has 0 spiro atoms. The topological polar surface area (TPSA) is 47.2 Å². The predicted octanol–water partition coefficient (Wildman–Crippen LogP) is 5.20. The average Bonchev–Trinajstić information content (AvgIpc) is 3.40. The maximum Gasteiger partial charge on any atom is 0.214 e. The first-order chi connectivity index (χ1) is 14.2. The molecule has 3 heterocycles. The summed E-state index contributed by atoms with van der Waals surface area (Å²) in [6.45, 7) is 2.38. The molecule has 2 aliphatic rings. The van der Waals surface area contributed by atoms with Crippen LogP contribution in [0.5, 0.6) is 11.5 Å². The number of benzene rings is 2. The molecule has 0 N–H and O–H groups in total. The molecular weight excluding hydrogens is 378 g/mol. The first-order valence-corrected chi connectivity index (χ1v) is 9.42. The molecule has 148 valence electrons.